The highest BCUT2D eigenvalue weighted by Crippen LogP contribution is 2.39. The van der Waals surface area contributed by atoms with Crippen LogP contribution in [0.5, 0.6) is 0 Å². The first kappa shape index (κ1) is 18.0. The smallest absolute Gasteiger partial charge is 0.329 e. The summed E-state index contributed by atoms with van der Waals surface area (Å²) in [5.74, 6) is 0.222. The molecule has 25 heavy (non-hydrogen) atoms. The Morgan fingerprint density at radius 2 is 1.64 bits per heavy atom. The van der Waals surface area contributed by atoms with Crippen LogP contribution in [0.4, 0.5) is 0 Å². The van der Waals surface area contributed by atoms with Crippen molar-refractivity contribution in [3.05, 3.63) is 35.9 Å². The second-order valence-electron chi connectivity index (χ2n) is 8.32. The lowest BCUT2D eigenvalue weighted by Gasteiger charge is -2.37. The van der Waals surface area contributed by atoms with Crippen molar-refractivity contribution in [3.63, 3.8) is 0 Å². The van der Waals surface area contributed by atoms with Crippen molar-refractivity contribution >= 4 is 11.9 Å². The predicted molar refractivity (Wildman–Crippen MR) is 97.2 cm³/mol. The van der Waals surface area contributed by atoms with Crippen LogP contribution in [-0.2, 0) is 9.53 Å². The monoisotopic (exact) mass is 343 g/mol. The van der Waals surface area contributed by atoms with E-state index in [1.165, 1.54) is 0 Å². The van der Waals surface area contributed by atoms with Gasteiger partial charge in [-0.05, 0) is 64.5 Å². The van der Waals surface area contributed by atoms with Crippen LogP contribution in [0, 0.1) is 5.92 Å². The van der Waals surface area contributed by atoms with Gasteiger partial charge in [0.25, 0.3) is 5.91 Å². The van der Waals surface area contributed by atoms with Gasteiger partial charge in [-0.15, -0.1) is 0 Å². The topological polar surface area (TPSA) is 46.6 Å². The summed E-state index contributed by atoms with van der Waals surface area (Å²) in [6.07, 6.45) is 6.05. The number of hydrogen-bond donors (Lipinski definition) is 0. The zero-order valence-electron chi connectivity index (χ0n) is 15.5. The molecule has 0 spiro atoms. The van der Waals surface area contributed by atoms with Gasteiger partial charge in [0, 0.05) is 11.6 Å². The lowest BCUT2D eigenvalue weighted by Crippen LogP contribution is -2.52. The molecule has 1 heterocycles. The minimum atomic E-state index is -0.542. The normalized spacial score (nSPS) is 26.7. The van der Waals surface area contributed by atoms with Crippen molar-refractivity contribution in [2.45, 2.75) is 77.0 Å². The Bertz CT molecular complexity index is 620. The van der Waals surface area contributed by atoms with Crippen LogP contribution in [-0.4, -0.2) is 34.5 Å². The Balaban J connectivity index is 1.93. The molecule has 0 aromatic heterocycles. The summed E-state index contributed by atoms with van der Waals surface area (Å²) in [5, 5.41) is 0. The molecule has 1 saturated heterocycles. The van der Waals surface area contributed by atoms with E-state index in [0.29, 0.717) is 17.9 Å². The van der Waals surface area contributed by atoms with E-state index in [0.717, 1.165) is 32.1 Å². The van der Waals surface area contributed by atoms with Crippen molar-refractivity contribution in [1.29, 1.82) is 0 Å². The van der Waals surface area contributed by atoms with Crippen molar-refractivity contribution < 1.29 is 14.3 Å². The molecule has 2 fully saturated rings. The molecule has 1 saturated carbocycles. The Labute approximate surface area is 150 Å². The van der Waals surface area contributed by atoms with Crippen molar-refractivity contribution in [1.82, 2.24) is 4.90 Å². The van der Waals surface area contributed by atoms with Gasteiger partial charge >= 0.3 is 5.97 Å². The average molecular weight is 343 g/mol. The molecular weight excluding hydrogens is 314 g/mol. The van der Waals surface area contributed by atoms with E-state index < -0.39 is 11.6 Å². The van der Waals surface area contributed by atoms with Gasteiger partial charge in [-0.2, -0.15) is 0 Å². The van der Waals surface area contributed by atoms with E-state index in [4.69, 9.17) is 4.74 Å². The maximum absolute atomic E-state index is 13.3. The molecule has 0 unspecified atom stereocenters. The van der Waals surface area contributed by atoms with Crippen LogP contribution in [0.1, 0.15) is 69.7 Å². The van der Waals surface area contributed by atoms with Gasteiger partial charge in [0.15, 0.2) is 0 Å². The van der Waals surface area contributed by atoms with Gasteiger partial charge in [-0.25, -0.2) is 4.79 Å². The molecule has 0 bridgehead atoms. The molecule has 1 aromatic rings. The van der Waals surface area contributed by atoms with E-state index in [-0.39, 0.29) is 17.9 Å². The number of esters is 1. The highest BCUT2D eigenvalue weighted by atomic mass is 16.6. The Kier molecular flexibility index (Phi) is 5.16. The third kappa shape index (κ3) is 4.05. The van der Waals surface area contributed by atoms with E-state index in [1.807, 2.05) is 56.0 Å². The summed E-state index contributed by atoms with van der Waals surface area (Å²) < 4.78 is 5.66. The Morgan fingerprint density at radius 1 is 1.00 bits per heavy atom. The van der Waals surface area contributed by atoms with Gasteiger partial charge in [0.2, 0.25) is 0 Å². The number of benzene rings is 1. The van der Waals surface area contributed by atoms with Crippen LogP contribution in [0.2, 0.25) is 0 Å². The summed E-state index contributed by atoms with van der Waals surface area (Å²) in [7, 11) is 0. The quantitative estimate of drug-likeness (QED) is 0.756. The fourth-order valence-electron chi connectivity index (χ4n) is 4.29. The molecule has 4 heteroatoms. The molecule has 1 amide bonds. The van der Waals surface area contributed by atoms with E-state index in [9.17, 15) is 9.59 Å². The van der Waals surface area contributed by atoms with Gasteiger partial charge in [0.1, 0.15) is 11.6 Å². The number of hydrogen-bond acceptors (Lipinski definition) is 3. The number of amides is 1. The molecule has 4 nitrogen and oxygen atoms in total. The zero-order chi connectivity index (χ0) is 18.0. The van der Waals surface area contributed by atoms with Crippen LogP contribution in [0.25, 0.3) is 0 Å². The van der Waals surface area contributed by atoms with Gasteiger partial charge in [0.05, 0.1) is 0 Å². The van der Waals surface area contributed by atoms with E-state index in [2.05, 4.69) is 0 Å². The standard InChI is InChI=1S/C21H29NO3/c1-21(2,3)25-20(24)18-14-8-12-15-11-7-13-17(15)22(18)19(23)16-9-5-4-6-10-16/h4-6,9-10,15,17-18H,7-8,11-14H2,1-3H3/t15-,17-,18-/m1/s1. The molecule has 1 aromatic carbocycles. The maximum atomic E-state index is 13.3. The van der Waals surface area contributed by atoms with E-state index >= 15 is 0 Å². The van der Waals surface area contributed by atoms with Crippen LogP contribution in [0.15, 0.2) is 30.3 Å². The highest BCUT2D eigenvalue weighted by Gasteiger charge is 2.44. The summed E-state index contributed by atoms with van der Waals surface area (Å²) in [5.41, 5.74) is 0.114. The average Bonchev–Trinajstić information content (AvgIpc) is 2.93. The minimum Gasteiger partial charge on any atom is -0.458 e. The van der Waals surface area contributed by atoms with Crippen molar-refractivity contribution in [3.8, 4) is 0 Å². The van der Waals surface area contributed by atoms with Gasteiger partial charge in [-0.1, -0.05) is 31.0 Å². The molecule has 0 N–H and O–H groups in total. The van der Waals surface area contributed by atoms with Crippen LogP contribution < -0.4 is 0 Å². The number of rotatable bonds is 2. The second kappa shape index (κ2) is 7.19. The zero-order valence-corrected chi connectivity index (χ0v) is 15.5. The summed E-state index contributed by atoms with van der Waals surface area (Å²) in [4.78, 5) is 28.0. The van der Waals surface area contributed by atoms with Crippen LogP contribution >= 0.6 is 0 Å². The first-order valence-corrected chi connectivity index (χ1v) is 9.47. The number of fused-ring (bicyclic) bond motifs is 1. The molecule has 1 aliphatic carbocycles. The Morgan fingerprint density at radius 3 is 2.28 bits per heavy atom. The molecule has 136 valence electrons. The number of nitrogens with zero attached hydrogens (tertiary/aromatic N) is 1. The Hall–Kier alpha value is -1.84. The molecule has 3 rings (SSSR count). The largest absolute Gasteiger partial charge is 0.458 e. The number of ether oxygens (including phenoxy) is 1. The first-order valence-electron chi connectivity index (χ1n) is 9.47. The minimum absolute atomic E-state index is 0.0322. The lowest BCUT2D eigenvalue weighted by atomic mass is 9.98. The van der Waals surface area contributed by atoms with Crippen molar-refractivity contribution in [2.75, 3.05) is 0 Å². The lowest BCUT2D eigenvalue weighted by molar-refractivity contribution is -0.161. The van der Waals surface area contributed by atoms with E-state index in [1.54, 1.807) is 0 Å². The molecule has 2 aliphatic rings. The summed E-state index contributed by atoms with van der Waals surface area (Å²) in [6, 6.07) is 9.02. The number of carbonyl (C=O) groups is 2. The number of carbonyl (C=O) groups excluding carboxylic acids is 2. The SMILES string of the molecule is CC(C)(C)OC(=O)[C@H]1CCC[C@H]2CCC[C@H]2N1C(=O)c1ccccc1. The predicted octanol–water partition coefficient (Wildman–Crippen LogP) is 4.19. The molecule has 1 aliphatic heterocycles. The third-order valence-electron chi connectivity index (χ3n) is 5.30. The van der Waals surface area contributed by atoms with Gasteiger partial charge < -0.3 is 9.64 Å². The molecule has 3 atom stereocenters. The maximum Gasteiger partial charge on any atom is 0.329 e. The summed E-state index contributed by atoms with van der Waals surface area (Å²) in [6.45, 7) is 5.63. The van der Waals surface area contributed by atoms with Crippen LogP contribution in [0.3, 0.4) is 0 Å². The first-order chi connectivity index (χ1) is 11.9. The van der Waals surface area contributed by atoms with Crippen molar-refractivity contribution in [2.24, 2.45) is 5.92 Å². The second-order valence-corrected chi connectivity index (χ2v) is 8.32. The number of likely N-dealkylation sites (tertiary alicyclic amines) is 1. The molecular formula is C21H29NO3. The third-order valence-corrected chi connectivity index (χ3v) is 5.30. The highest BCUT2D eigenvalue weighted by molar-refractivity contribution is 5.97. The molecule has 0 radical (unpaired) electrons. The van der Waals surface area contributed by atoms with Gasteiger partial charge in [-0.3, -0.25) is 4.79 Å². The summed E-state index contributed by atoms with van der Waals surface area (Å²) >= 11 is 0. The fraction of sp³-hybridized carbons (Fsp3) is 0.619. The fourth-order valence-corrected chi connectivity index (χ4v) is 4.29.